The van der Waals surface area contributed by atoms with Gasteiger partial charge >= 0.3 is 0 Å². The third kappa shape index (κ3) is 2.27. The molecule has 0 aliphatic heterocycles. The van der Waals surface area contributed by atoms with Crippen molar-refractivity contribution in [3.05, 3.63) is 30.1 Å². The van der Waals surface area contributed by atoms with Crippen LogP contribution >= 0.6 is 0 Å². The molecular weight excluding hydrogens is 155 g/mol. The van der Waals surface area contributed by atoms with Crippen LogP contribution in [-0.4, -0.2) is 18.2 Å². The minimum atomic E-state index is -0.412. The van der Waals surface area contributed by atoms with Crippen LogP contribution in [0.4, 0.5) is 4.39 Å². The van der Waals surface area contributed by atoms with E-state index >= 15 is 0 Å². The Bertz CT molecular complexity index is 213. The van der Waals surface area contributed by atoms with Gasteiger partial charge in [0.2, 0.25) is 0 Å². The molecule has 0 bridgehead atoms. The molecule has 1 aromatic heterocycles. The van der Waals surface area contributed by atoms with E-state index in [1.807, 2.05) is 25.1 Å². The minimum Gasteiger partial charge on any atom is -0.307 e. The molecule has 66 valence electrons. The number of hydrogen-bond acceptors (Lipinski definition) is 2. The third-order valence-corrected chi connectivity index (χ3v) is 1.65. The van der Waals surface area contributed by atoms with Crippen molar-refractivity contribution in [3.63, 3.8) is 0 Å². The predicted molar refractivity (Wildman–Crippen MR) is 46.6 cm³/mol. The van der Waals surface area contributed by atoms with Gasteiger partial charge in [-0.2, -0.15) is 0 Å². The molecule has 0 radical (unpaired) electrons. The number of halogens is 1. The Labute approximate surface area is 71.8 Å². The average molecular weight is 168 g/mol. The summed E-state index contributed by atoms with van der Waals surface area (Å²) in [5.41, 5.74) is 0.766. The monoisotopic (exact) mass is 168 g/mol. The molecule has 3 heteroatoms. The van der Waals surface area contributed by atoms with Crippen LogP contribution in [0.15, 0.2) is 24.4 Å². The van der Waals surface area contributed by atoms with E-state index < -0.39 is 6.67 Å². The van der Waals surface area contributed by atoms with Gasteiger partial charge in [0, 0.05) is 6.20 Å². The van der Waals surface area contributed by atoms with Crippen LogP contribution in [0.1, 0.15) is 18.7 Å². The summed E-state index contributed by atoms with van der Waals surface area (Å²) in [5, 5.41) is 3.01. The molecule has 0 saturated carbocycles. The molecule has 0 spiro atoms. The molecule has 1 unspecified atom stereocenters. The summed E-state index contributed by atoms with van der Waals surface area (Å²) in [6.45, 7) is 2.29. The molecule has 0 aliphatic rings. The second-order valence-corrected chi connectivity index (χ2v) is 2.52. The topological polar surface area (TPSA) is 24.9 Å². The molecule has 1 atom stereocenters. The molecule has 1 aromatic rings. The molecule has 2 nitrogen and oxygen atoms in total. The van der Waals surface area contributed by atoms with E-state index in [0.717, 1.165) is 12.2 Å². The number of nitrogens with zero attached hydrogens (tertiary/aromatic N) is 1. The molecule has 1 N–H and O–H groups in total. The minimum absolute atomic E-state index is 0.254. The summed E-state index contributed by atoms with van der Waals surface area (Å²) in [6, 6.07) is 5.26. The van der Waals surface area contributed by atoms with Crippen LogP contribution in [0.5, 0.6) is 0 Å². The molecule has 0 amide bonds. The van der Waals surface area contributed by atoms with Gasteiger partial charge in [0.15, 0.2) is 0 Å². The van der Waals surface area contributed by atoms with Gasteiger partial charge < -0.3 is 5.32 Å². The van der Waals surface area contributed by atoms with E-state index in [1.54, 1.807) is 6.20 Å². The first-order valence-corrected chi connectivity index (χ1v) is 4.08. The van der Waals surface area contributed by atoms with Gasteiger partial charge in [-0.15, -0.1) is 0 Å². The highest BCUT2D eigenvalue weighted by Gasteiger charge is 2.09. The maximum absolute atomic E-state index is 12.4. The van der Waals surface area contributed by atoms with Crippen LogP contribution in [0.25, 0.3) is 0 Å². The average Bonchev–Trinajstić information content (AvgIpc) is 2.15. The molecule has 12 heavy (non-hydrogen) atoms. The van der Waals surface area contributed by atoms with Crippen LogP contribution in [0.3, 0.4) is 0 Å². The van der Waals surface area contributed by atoms with E-state index in [2.05, 4.69) is 10.3 Å². The first-order valence-electron chi connectivity index (χ1n) is 4.08. The van der Waals surface area contributed by atoms with E-state index in [9.17, 15) is 4.39 Å². The zero-order valence-electron chi connectivity index (χ0n) is 7.13. The number of hydrogen-bond donors (Lipinski definition) is 1. The van der Waals surface area contributed by atoms with Gasteiger partial charge in [0.05, 0.1) is 11.7 Å². The number of rotatable bonds is 4. The Kier molecular flexibility index (Phi) is 3.67. The maximum atomic E-state index is 12.4. The number of aromatic nitrogens is 1. The van der Waals surface area contributed by atoms with E-state index in [0.29, 0.717) is 0 Å². The quantitative estimate of drug-likeness (QED) is 0.740. The molecule has 1 rings (SSSR count). The van der Waals surface area contributed by atoms with Crippen molar-refractivity contribution in [2.24, 2.45) is 0 Å². The SMILES string of the molecule is CCNC(CF)c1ccccn1. The summed E-state index contributed by atoms with van der Waals surface area (Å²) < 4.78 is 12.4. The van der Waals surface area contributed by atoms with Crippen molar-refractivity contribution in [1.29, 1.82) is 0 Å². The van der Waals surface area contributed by atoms with Gasteiger partial charge in [-0.1, -0.05) is 13.0 Å². The van der Waals surface area contributed by atoms with E-state index in [4.69, 9.17) is 0 Å². The largest absolute Gasteiger partial charge is 0.307 e. The fraction of sp³-hybridized carbons (Fsp3) is 0.444. The summed E-state index contributed by atoms with van der Waals surface area (Å²) in [4.78, 5) is 4.07. The third-order valence-electron chi connectivity index (χ3n) is 1.65. The number of alkyl halides is 1. The number of pyridine rings is 1. The van der Waals surface area contributed by atoms with Gasteiger partial charge in [0.1, 0.15) is 6.67 Å². The molecular formula is C9H13FN2. The fourth-order valence-electron chi connectivity index (χ4n) is 1.07. The lowest BCUT2D eigenvalue weighted by atomic mass is 10.2. The predicted octanol–water partition coefficient (Wildman–Crippen LogP) is 1.70. The maximum Gasteiger partial charge on any atom is 0.110 e. The van der Waals surface area contributed by atoms with Crippen LogP contribution in [-0.2, 0) is 0 Å². The summed E-state index contributed by atoms with van der Waals surface area (Å²) >= 11 is 0. The summed E-state index contributed by atoms with van der Waals surface area (Å²) in [6.07, 6.45) is 1.68. The van der Waals surface area contributed by atoms with Crippen molar-refractivity contribution in [3.8, 4) is 0 Å². The Morgan fingerprint density at radius 3 is 2.92 bits per heavy atom. The van der Waals surface area contributed by atoms with Crippen LogP contribution in [0, 0.1) is 0 Å². The Balaban J connectivity index is 2.66. The highest BCUT2D eigenvalue weighted by Crippen LogP contribution is 2.08. The molecule has 0 aromatic carbocycles. The fourth-order valence-corrected chi connectivity index (χ4v) is 1.07. The summed E-state index contributed by atoms with van der Waals surface area (Å²) in [5.74, 6) is 0. The standard InChI is InChI=1S/C9H13FN2/c1-2-11-9(7-10)8-5-3-4-6-12-8/h3-6,9,11H,2,7H2,1H3. The Morgan fingerprint density at radius 1 is 1.58 bits per heavy atom. The second kappa shape index (κ2) is 4.83. The normalized spacial score (nSPS) is 12.8. The van der Waals surface area contributed by atoms with Crippen molar-refractivity contribution < 1.29 is 4.39 Å². The van der Waals surface area contributed by atoms with Crippen LogP contribution < -0.4 is 5.32 Å². The lowest BCUT2D eigenvalue weighted by Gasteiger charge is -2.12. The smallest absolute Gasteiger partial charge is 0.110 e. The highest BCUT2D eigenvalue weighted by molar-refractivity contribution is 5.08. The van der Waals surface area contributed by atoms with Crippen molar-refractivity contribution in [2.45, 2.75) is 13.0 Å². The summed E-state index contributed by atoms with van der Waals surface area (Å²) in [7, 11) is 0. The van der Waals surface area contributed by atoms with Crippen molar-refractivity contribution in [1.82, 2.24) is 10.3 Å². The molecule has 1 heterocycles. The molecule has 0 aliphatic carbocycles. The Hall–Kier alpha value is -0.960. The number of nitrogens with one attached hydrogen (secondary N) is 1. The van der Waals surface area contributed by atoms with Gasteiger partial charge in [-0.3, -0.25) is 4.98 Å². The lowest BCUT2D eigenvalue weighted by molar-refractivity contribution is 0.382. The van der Waals surface area contributed by atoms with E-state index in [1.165, 1.54) is 0 Å². The highest BCUT2D eigenvalue weighted by atomic mass is 19.1. The van der Waals surface area contributed by atoms with E-state index in [-0.39, 0.29) is 6.04 Å². The molecule has 0 fully saturated rings. The van der Waals surface area contributed by atoms with Gasteiger partial charge in [-0.05, 0) is 18.7 Å². The zero-order chi connectivity index (χ0) is 8.81. The molecule has 0 saturated heterocycles. The van der Waals surface area contributed by atoms with Crippen LogP contribution in [0.2, 0.25) is 0 Å². The lowest BCUT2D eigenvalue weighted by Crippen LogP contribution is -2.23. The first-order chi connectivity index (χ1) is 5.88. The van der Waals surface area contributed by atoms with Gasteiger partial charge in [0.25, 0.3) is 0 Å². The second-order valence-electron chi connectivity index (χ2n) is 2.52. The Morgan fingerprint density at radius 2 is 2.42 bits per heavy atom. The first kappa shape index (κ1) is 9.13. The van der Waals surface area contributed by atoms with Crippen molar-refractivity contribution >= 4 is 0 Å². The van der Waals surface area contributed by atoms with Gasteiger partial charge in [-0.25, -0.2) is 4.39 Å². The van der Waals surface area contributed by atoms with Crippen molar-refractivity contribution in [2.75, 3.05) is 13.2 Å². The zero-order valence-corrected chi connectivity index (χ0v) is 7.13.